The van der Waals surface area contributed by atoms with E-state index >= 15 is 0 Å². The second-order valence-electron chi connectivity index (χ2n) is 3.42. The van der Waals surface area contributed by atoms with Gasteiger partial charge in [-0.05, 0) is 18.6 Å². The number of nitro benzene ring substituents is 1. The first kappa shape index (κ1) is 14.5. The number of hydrogen-bond acceptors (Lipinski definition) is 5. The maximum Gasteiger partial charge on any atom is 0.306 e. The molecule has 0 fully saturated rings. The minimum Gasteiger partial charge on any atom is -0.288 e. The van der Waals surface area contributed by atoms with Crippen LogP contribution in [0.25, 0.3) is 0 Å². The van der Waals surface area contributed by atoms with Gasteiger partial charge in [0.2, 0.25) is 5.82 Å². The number of hydroxylamine groups is 1. The van der Waals surface area contributed by atoms with Crippen molar-refractivity contribution in [1.29, 1.82) is 0 Å². The molecule has 0 aliphatic heterocycles. The normalized spacial score (nSPS) is 11.8. The fourth-order valence-electron chi connectivity index (χ4n) is 1.30. The zero-order valence-electron chi connectivity index (χ0n) is 9.88. The standard InChI is InChI=1S/C9H11FN2O5S/c1-6-4-7(10)8(12(13)14)5-9(6)18(15,16)11(2)17-3/h4-5H,1-3H3. The van der Waals surface area contributed by atoms with E-state index in [1.165, 1.54) is 6.92 Å². The summed E-state index contributed by atoms with van der Waals surface area (Å²) < 4.78 is 37.7. The lowest BCUT2D eigenvalue weighted by atomic mass is 10.2. The maximum atomic E-state index is 13.3. The van der Waals surface area contributed by atoms with Crippen LogP contribution in [-0.2, 0) is 14.9 Å². The van der Waals surface area contributed by atoms with Crippen LogP contribution < -0.4 is 0 Å². The van der Waals surface area contributed by atoms with Crippen LogP contribution in [0.3, 0.4) is 0 Å². The van der Waals surface area contributed by atoms with Gasteiger partial charge in [-0.25, -0.2) is 8.42 Å². The van der Waals surface area contributed by atoms with Crippen LogP contribution in [0.2, 0.25) is 0 Å². The Morgan fingerprint density at radius 2 is 2.00 bits per heavy atom. The molecule has 1 aromatic carbocycles. The number of benzene rings is 1. The van der Waals surface area contributed by atoms with Crippen LogP contribution >= 0.6 is 0 Å². The van der Waals surface area contributed by atoms with Gasteiger partial charge in [0, 0.05) is 13.1 Å². The summed E-state index contributed by atoms with van der Waals surface area (Å²) in [5.74, 6) is -1.09. The third kappa shape index (κ3) is 2.47. The molecular formula is C9H11FN2O5S. The molecule has 0 saturated carbocycles. The number of nitrogens with zero attached hydrogens (tertiary/aromatic N) is 2. The predicted octanol–water partition coefficient (Wildman–Crippen LogP) is 1.22. The number of nitro groups is 1. The summed E-state index contributed by atoms with van der Waals surface area (Å²) >= 11 is 0. The maximum absolute atomic E-state index is 13.3. The zero-order chi connectivity index (χ0) is 14.1. The Morgan fingerprint density at radius 3 is 2.44 bits per heavy atom. The van der Waals surface area contributed by atoms with Gasteiger partial charge in [-0.3, -0.25) is 15.0 Å². The number of hydrogen-bond donors (Lipinski definition) is 0. The Labute approximate surface area is 103 Å². The number of sulfonamides is 1. The van der Waals surface area contributed by atoms with E-state index in [0.717, 1.165) is 20.2 Å². The molecule has 0 spiro atoms. The Morgan fingerprint density at radius 1 is 1.44 bits per heavy atom. The van der Waals surface area contributed by atoms with Gasteiger partial charge in [-0.15, -0.1) is 0 Å². The molecule has 1 rings (SSSR count). The largest absolute Gasteiger partial charge is 0.306 e. The summed E-state index contributed by atoms with van der Waals surface area (Å²) in [5, 5.41) is 10.6. The molecule has 0 aliphatic carbocycles. The quantitative estimate of drug-likeness (QED) is 0.610. The van der Waals surface area contributed by atoms with Crippen molar-refractivity contribution in [2.24, 2.45) is 0 Å². The van der Waals surface area contributed by atoms with Crippen LogP contribution in [0.15, 0.2) is 17.0 Å². The highest BCUT2D eigenvalue weighted by molar-refractivity contribution is 7.89. The molecule has 18 heavy (non-hydrogen) atoms. The minimum absolute atomic E-state index is 0.0574. The Kier molecular flexibility index (Phi) is 3.99. The first-order valence-electron chi connectivity index (χ1n) is 4.69. The summed E-state index contributed by atoms with van der Waals surface area (Å²) in [6.07, 6.45) is 0. The van der Waals surface area contributed by atoms with Crippen molar-refractivity contribution < 1.29 is 22.6 Å². The fraction of sp³-hybridized carbons (Fsp3) is 0.333. The predicted molar refractivity (Wildman–Crippen MR) is 59.7 cm³/mol. The fourth-order valence-corrected chi connectivity index (χ4v) is 2.50. The highest BCUT2D eigenvalue weighted by atomic mass is 32.2. The number of aryl methyl sites for hydroxylation is 1. The van der Waals surface area contributed by atoms with Crippen molar-refractivity contribution in [1.82, 2.24) is 4.47 Å². The van der Waals surface area contributed by atoms with E-state index in [9.17, 15) is 22.9 Å². The van der Waals surface area contributed by atoms with Crippen LogP contribution in [0, 0.1) is 22.9 Å². The van der Waals surface area contributed by atoms with Crippen molar-refractivity contribution >= 4 is 15.7 Å². The molecule has 0 amide bonds. The minimum atomic E-state index is -4.05. The van der Waals surface area contributed by atoms with Gasteiger partial charge in [-0.2, -0.15) is 4.39 Å². The zero-order valence-corrected chi connectivity index (χ0v) is 10.7. The van der Waals surface area contributed by atoms with E-state index in [4.69, 9.17) is 0 Å². The topological polar surface area (TPSA) is 89.8 Å². The van der Waals surface area contributed by atoms with Gasteiger partial charge in [0.1, 0.15) is 0 Å². The second-order valence-corrected chi connectivity index (χ2v) is 5.33. The Hall–Kier alpha value is -1.58. The van der Waals surface area contributed by atoms with E-state index in [-0.39, 0.29) is 10.5 Å². The molecule has 0 atom stereocenters. The highest BCUT2D eigenvalue weighted by Gasteiger charge is 2.27. The summed E-state index contributed by atoms with van der Waals surface area (Å²) in [6.45, 7) is 1.34. The lowest BCUT2D eigenvalue weighted by Gasteiger charge is -2.15. The van der Waals surface area contributed by atoms with E-state index in [1.54, 1.807) is 0 Å². The lowest BCUT2D eigenvalue weighted by Crippen LogP contribution is -2.26. The molecule has 0 aliphatic rings. The average Bonchev–Trinajstić information content (AvgIpc) is 2.26. The molecule has 0 N–H and O–H groups in total. The van der Waals surface area contributed by atoms with Gasteiger partial charge in [0.25, 0.3) is 10.0 Å². The van der Waals surface area contributed by atoms with Gasteiger partial charge >= 0.3 is 5.69 Å². The van der Waals surface area contributed by atoms with Crippen LogP contribution in [0.5, 0.6) is 0 Å². The molecule has 0 aromatic heterocycles. The van der Waals surface area contributed by atoms with Gasteiger partial charge in [0.15, 0.2) is 0 Å². The Balaban J connectivity index is 3.52. The number of rotatable bonds is 4. The molecule has 0 bridgehead atoms. The van der Waals surface area contributed by atoms with Crippen molar-refractivity contribution in [2.75, 3.05) is 14.2 Å². The van der Waals surface area contributed by atoms with Crippen molar-refractivity contribution in [3.8, 4) is 0 Å². The molecular weight excluding hydrogens is 267 g/mol. The highest BCUT2D eigenvalue weighted by Crippen LogP contribution is 2.26. The molecule has 0 heterocycles. The van der Waals surface area contributed by atoms with Crippen molar-refractivity contribution in [3.63, 3.8) is 0 Å². The third-order valence-corrected chi connectivity index (χ3v) is 4.14. The molecule has 7 nitrogen and oxygen atoms in total. The molecule has 0 unspecified atom stereocenters. The second kappa shape index (κ2) is 4.96. The van der Waals surface area contributed by atoms with E-state index in [0.29, 0.717) is 10.5 Å². The summed E-state index contributed by atoms with van der Waals surface area (Å²) in [7, 11) is -1.79. The SMILES string of the molecule is CON(C)S(=O)(=O)c1cc([N+](=O)[O-])c(F)cc1C. The average molecular weight is 278 g/mol. The molecule has 0 saturated heterocycles. The van der Waals surface area contributed by atoms with Gasteiger partial charge in [0.05, 0.1) is 16.9 Å². The van der Waals surface area contributed by atoms with E-state index < -0.39 is 26.5 Å². The van der Waals surface area contributed by atoms with Gasteiger partial charge in [-0.1, -0.05) is 4.47 Å². The molecule has 1 aromatic rings. The number of halogens is 1. The molecule has 9 heteroatoms. The van der Waals surface area contributed by atoms with Gasteiger partial charge < -0.3 is 0 Å². The summed E-state index contributed by atoms with van der Waals surface area (Å²) in [6, 6.07) is 1.48. The first-order chi connectivity index (χ1) is 8.21. The van der Waals surface area contributed by atoms with Crippen molar-refractivity contribution in [3.05, 3.63) is 33.6 Å². The van der Waals surface area contributed by atoms with E-state index in [2.05, 4.69) is 4.84 Å². The third-order valence-electron chi connectivity index (χ3n) is 2.31. The van der Waals surface area contributed by atoms with Crippen LogP contribution in [0.1, 0.15) is 5.56 Å². The smallest absolute Gasteiger partial charge is 0.288 e. The summed E-state index contributed by atoms with van der Waals surface area (Å²) in [5.41, 5.74) is -0.842. The van der Waals surface area contributed by atoms with Crippen LogP contribution in [0.4, 0.5) is 10.1 Å². The first-order valence-corrected chi connectivity index (χ1v) is 6.13. The lowest BCUT2D eigenvalue weighted by molar-refractivity contribution is -0.387. The van der Waals surface area contributed by atoms with Crippen molar-refractivity contribution in [2.45, 2.75) is 11.8 Å². The molecule has 0 radical (unpaired) electrons. The molecule has 100 valence electrons. The Bertz CT molecular complexity index is 587. The van der Waals surface area contributed by atoms with E-state index in [1.807, 2.05) is 0 Å². The van der Waals surface area contributed by atoms with Crippen LogP contribution in [-0.4, -0.2) is 32.0 Å². The monoisotopic (exact) mass is 278 g/mol. The summed E-state index contributed by atoms with van der Waals surface area (Å²) in [4.78, 5) is 13.8.